The van der Waals surface area contributed by atoms with Crippen molar-refractivity contribution < 1.29 is 0 Å². The maximum Gasteiger partial charge on any atom is 0.328 e. The largest absolute Gasteiger partial charge is 0.328 e. The Balaban J connectivity index is 2.39. The molecule has 0 bridgehead atoms. The zero-order chi connectivity index (χ0) is 12.6. The lowest BCUT2D eigenvalue weighted by Gasteiger charge is -2.02. The van der Waals surface area contributed by atoms with E-state index in [2.05, 4.69) is 9.97 Å². The molecule has 0 fully saturated rings. The second-order valence-corrected chi connectivity index (χ2v) is 5.24. The number of hydrogen-bond acceptors (Lipinski definition) is 4. The van der Waals surface area contributed by atoms with Crippen LogP contribution in [0.3, 0.4) is 0 Å². The standard InChI is InChI=1S/C11H13N3O2S/c1-6-4-14(11(16)13-10(6)15)5-9-12-7(2)8(3)17-9/h4H,5H2,1-3H3,(H,13,15,16). The van der Waals surface area contributed by atoms with Crippen molar-refractivity contribution >= 4 is 11.3 Å². The van der Waals surface area contributed by atoms with Crippen LogP contribution in [0.5, 0.6) is 0 Å². The van der Waals surface area contributed by atoms with Gasteiger partial charge >= 0.3 is 5.69 Å². The molecule has 0 amide bonds. The quantitative estimate of drug-likeness (QED) is 0.864. The number of nitrogens with zero attached hydrogens (tertiary/aromatic N) is 2. The van der Waals surface area contributed by atoms with Crippen molar-refractivity contribution in [2.45, 2.75) is 27.3 Å². The third-order valence-corrected chi connectivity index (χ3v) is 3.63. The molecule has 2 rings (SSSR count). The van der Waals surface area contributed by atoms with Crippen LogP contribution in [0, 0.1) is 20.8 Å². The molecule has 0 aromatic carbocycles. The number of H-pyrrole nitrogens is 1. The molecule has 17 heavy (non-hydrogen) atoms. The van der Waals surface area contributed by atoms with Gasteiger partial charge in [-0.3, -0.25) is 14.3 Å². The van der Waals surface area contributed by atoms with Gasteiger partial charge in [0.1, 0.15) is 5.01 Å². The molecule has 0 atom stereocenters. The maximum atomic E-state index is 11.6. The number of thiazole rings is 1. The highest BCUT2D eigenvalue weighted by Gasteiger charge is 2.06. The number of hydrogen-bond donors (Lipinski definition) is 1. The highest BCUT2D eigenvalue weighted by atomic mass is 32.1. The molecule has 0 unspecified atom stereocenters. The third kappa shape index (κ3) is 2.36. The van der Waals surface area contributed by atoms with Gasteiger partial charge in [0.2, 0.25) is 0 Å². The Kier molecular flexibility index (Phi) is 2.97. The van der Waals surface area contributed by atoms with Gasteiger partial charge in [-0.1, -0.05) is 0 Å². The van der Waals surface area contributed by atoms with Crippen LogP contribution in [0.4, 0.5) is 0 Å². The lowest BCUT2D eigenvalue weighted by atomic mass is 10.4. The molecule has 0 radical (unpaired) electrons. The molecule has 1 N–H and O–H groups in total. The Morgan fingerprint density at radius 2 is 2.06 bits per heavy atom. The van der Waals surface area contributed by atoms with E-state index in [9.17, 15) is 9.59 Å². The van der Waals surface area contributed by atoms with Crippen molar-refractivity contribution in [3.05, 3.63) is 48.2 Å². The zero-order valence-corrected chi connectivity index (χ0v) is 10.7. The second-order valence-electron chi connectivity index (χ2n) is 3.95. The molecule has 0 aliphatic carbocycles. The summed E-state index contributed by atoms with van der Waals surface area (Å²) in [6, 6.07) is 0. The summed E-state index contributed by atoms with van der Waals surface area (Å²) in [6.07, 6.45) is 1.56. The Morgan fingerprint density at radius 3 is 2.65 bits per heavy atom. The van der Waals surface area contributed by atoms with Crippen LogP contribution in [-0.2, 0) is 6.54 Å². The minimum absolute atomic E-state index is 0.335. The van der Waals surface area contributed by atoms with Crippen LogP contribution in [-0.4, -0.2) is 14.5 Å². The van der Waals surface area contributed by atoms with Gasteiger partial charge in [0.15, 0.2) is 0 Å². The summed E-state index contributed by atoms with van der Waals surface area (Å²) in [6.45, 7) is 6.01. The first kappa shape index (κ1) is 11.8. The van der Waals surface area contributed by atoms with Crippen molar-refractivity contribution in [2.24, 2.45) is 0 Å². The van der Waals surface area contributed by atoms with Crippen molar-refractivity contribution in [3.63, 3.8) is 0 Å². The topological polar surface area (TPSA) is 67.8 Å². The molecular formula is C11H13N3O2S. The van der Waals surface area contributed by atoms with E-state index in [0.29, 0.717) is 12.1 Å². The van der Waals surface area contributed by atoms with Crippen LogP contribution in [0.25, 0.3) is 0 Å². The summed E-state index contributed by atoms with van der Waals surface area (Å²) in [5.41, 5.74) is 0.776. The highest BCUT2D eigenvalue weighted by Crippen LogP contribution is 2.16. The lowest BCUT2D eigenvalue weighted by molar-refractivity contribution is 0.708. The summed E-state index contributed by atoms with van der Waals surface area (Å²) in [7, 11) is 0. The van der Waals surface area contributed by atoms with Gasteiger partial charge in [0.25, 0.3) is 5.56 Å². The van der Waals surface area contributed by atoms with E-state index in [4.69, 9.17) is 0 Å². The lowest BCUT2D eigenvalue weighted by Crippen LogP contribution is -2.31. The number of aromatic amines is 1. The van der Waals surface area contributed by atoms with E-state index >= 15 is 0 Å². The van der Waals surface area contributed by atoms with E-state index in [1.165, 1.54) is 4.57 Å². The molecule has 90 valence electrons. The fourth-order valence-electron chi connectivity index (χ4n) is 1.49. The van der Waals surface area contributed by atoms with E-state index in [1.54, 1.807) is 24.5 Å². The smallest absolute Gasteiger partial charge is 0.293 e. The van der Waals surface area contributed by atoms with Gasteiger partial charge in [0, 0.05) is 16.6 Å². The van der Waals surface area contributed by atoms with Gasteiger partial charge in [-0.25, -0.2) is 9.78 Å². The van der Waals surface area contributed by atoms with Crippen LogP contribution >= 0.6 is 11.3 Å². The van der Waals surface area contributed by atoms with E-state index < -0.39 is 5.69 Å². The number of aromatic nitrogens is 3. The summed E-state index contributed by atoms with van der Waals surface area (Å²) in [5.74, 6) is 0. The van der Waals surface area contributed by atoms with Gasteiger partial charge in [0.05, 0.1) is 12.2 Å². The van der Waals surface area contributed by atoms with Gasteiger partial charge in [-0.15, -0.1) is 11.3 Å². The summed E-state index contributed by atoms with van der Waals surface area (Å²) in [4.78, 5) is 30.6. The fourth-order valence-corrected chi connectivity index (χ4v) is 2.42. The summed E-state index contributed by atoms with van der Waals surface area (Å²) < 4.78 is 1.47. The minimum Gasteiger partial charge on any atom is -0.293 e. The third-order valence-electron chi connectivity index (χ3n) is 2.57. The van der Waals surface area contributed by atoms with Gasteiger partial charge < -0.3 is 0 Å². The molecule has 2 aromatic heterocycles. The average Bonchev–Trinajstić information content (AvgIpc) is 2.55. The predicted molar refractivity (Wildman–Crippen MR) is 66.7 cm³/mol. The van der Waals surface area contributed by atoms with Crippen LogP contribution in [0.2, 0.25) is 0 Å². The molecular weight excluding hydrogens is 238 g/mol. The normalized spacial score (nSPS) is 10.8. The zero-order valence-electron chi connectivity index (χ0n) is 9.90. The Hall–Kier alpha value is -1.69. The van der Waals surface area contributed by atoms with Crippen LogP contribution < -0.4 is 11.2 Å². The van der Waals surface area contributed by atoms with Gasteiger partial charge in [-0.05, 0) is 20.8 Å². The highest BCUT2D eigenvalue weighted by molar-refractivity contribution is 7.11. The van der Waals surface area contributed by atoms with Crippen LogP contribution in [0.1, 0.15) is 21.1 Å². The molecule has 0 aliphatic heterocycles. The van der Waals surface area contributed by atoms with E-state index in [0.717, 1.165) is 15.6 Å². The first-order valence-corrected chi connectivity index (χ1v) is 6.02. The Labute approximate surface area is 102 Å². The van der Waals surface area contributed by atoms with E-state index in [-0.39, 0.29) is 5.56 Å². The number of rotatable bonds is 2. The van der Waals surface area contributed by atoms with Crippen LogP contribution in [0.15, 0.2) is 15.8 Å². The molecule has 0 saturated carbocycles. The van der Waals surface area contributed by atoms with Crippen molar-refractivity contribution in [2.75, 3.05) is 0 Å². The summed E-state index contributed by atoms with van der Waals surface area (Å²) >= 11 is 1.57. The van der Waals surface area contributed by atoms with Crippen molar-refractivity contribution in [3.8, 4) is 0 Å². The molecule has 0 aliphatic rings. The maximum absolute atomic E-state index is 11.6. The molecule has 6 heteroatoms. The fraction of sp³-hybridized carbons (Fsp3) is 0.364. The second kappa shape index (κ2) is 4.29. The molecule has 0 spiro atoms. The number of aryl methyl sites for hydroxylation is 3. The average molecular weight is 251 g/mol. The van der Waals surface area contributed by atoms with E-state index in [1.807, 2.05) is 13.8 Å². The SMILES string of the molecule is Cc1nc(Cn2cc(C)c(=O)[nH]c2=O)sc1C. The monoisotopic (exact) mass is 251 g/mol. The molecule has 2 heterocycles. The Morgan fingerprint density at radius 1 is 1.35 bits per heavy atom. The summed E-state index contributed by atoms with van der Waals surface area (Å²) in [5, 5.41) is 0.869. The molecule has 0 saturated heterocycles. The first-order valence-electron chi connectivity index (χ1n) is 5.20. The van der Waals surface area contributed by atoms with Crippen molar-refractivity contribution in [1.82, 2.24) is 14.5 Å². The van der Waals surface area contributed by atoms with Crippen molar-refractivity contribution in [1.29, 1.82) is 0 Å². The predicted octanol–water partition coefficient (Wildman–Crippen LogP) is 0.967. The molecule has 2 aromatic rings. The minimum atomic E-state index is -0.397. The number of nitrogens with one attached hydrogen (secondary N) is 1. The first-order chi connectivity index (χ1) is 7.97. The Bertz CT molecular complexity index is 647. The van der Waals surface area contributed by atoms with Gasteiger partial charge in [-0.2, -0.15) is 0 Å². The molecule has 5 nitrogen and oxygen atoms in total.